The summed E-state index contributed by atoms with van der Waals surface area (Å²) in [6.07, 6.45) is 0.832. The van der Waals surface area contributed by atoms with E-state index in [0.717, 1.165) is 32.5 Å². The van der Waals surface area contributed by atoms with E-state index in [1.165, 1.54) is 11.1 Å². The van der Waals surface area contributed by atoms with Gasteiger partial charge in [-0.15, -0.1) is 0 Å². The Bertz CT molecular complexity index is 717. The Morgan fingerprint density at radius 2 is 1.90 bits per heavy atom. The number of nitrogens with zero attached hydrogens (tertiary/aromatic N) is 2. The summed E-state index contributed by atoms with van der Waals surface area (Å²) < 4.78 is 5.21. The molecule has 1 aliphatic heterocycles. The molecule has 0 radical (unpaired) electrons. The Balaban J connectivity index is 1.68. The van der Waals surface area contributed by atoms with E-state index in [0.29, 0.717) is 32.1 Å². The first-order valence-corrected chi connectivity index (χ1v) is 11.2. The standard InChI is InChI=1S/C23H39N5O3/c1-5-24-21(25-12-8-13-26-22(30)31-23(2,3)4)27-15-20(29)17-28-14-11-18-9-6-7-10-19(18)16-28/h6-7,9-10,20,29H,5,8,11-17H2,1-4H3,(H,26,30)(H2,24,25,27). The molecule has 0 fully saturated rings. The van der Waals surface area contributed by atoms with Crippen molar-refractivity contribution in [1.82, 2.24) is 20.9 Å². The molecule has 0 spiro atoms. The molecule has 1 heterocycles. The van der Waals surface area contributed by atoms with Crippen molar-refractivity contribution in [3.8, 4) is 0 Å². The quantitative estimate of drug-likeness (QED) is 0.270. The predicted molar refractivity (Wildman–Crippen MR) is 124 cm³/mol. The van der Waals surface area contributed by atoms with Gasteiger partial charge >= 0.3 is 6.09 Å². The molecule has 31 heavy (non-hydrogen) atoms. The van der Waals surface area contributed by atoms with E-state index in [9.17, 15) is 9.90 Å². The van der Waals surface area contributed by atoms with E-state index in [-0.39, 0.29) is 0 Å². The number of ether oxygens (including phenoxy) is 1. The smallest absolute Gasteiger partial charge is 0.407 e. The number of carbonyl (C=O) groups is 1. The van der Waals surface area contributed by atoms with Crippen LogP contribution in [-0.2, 0) is 17.7 Å². The number of guanidine groups is 1. The SMILES string of the molecule is CCNC(=NCC(O)CN1CCc2ccccc2C1)NCCCNC(=O)OC(C)(C)C. The molecule has 0 saturated carbocycles. The van der Waals surface area contributed by atoms with E-state index in [2.05, 4.69) is 50.1 Å². The van der Waals surface area contributed by atoms with Crippen LogP contribution in [0.2, 0.25) is 0 Å². The number of hydrogen-bond acceptors (Lipinski definition) is 5. The number of benzene rings is 1. The first-order valence-electron chi connectivity index (χ1n) is 11.2. The van der Waals surface area contributed by atoms with Crippen molar-refractivity contribution in [3.05, 3.63) is 35.4 Å². The Labute approximate surface area is 186 Å². The van der Waals surface area contributed by atoms with Gasteiger partial charge in [-0.05, 0) is 51.7 Å². The van der Waals surface area contributed by atoms with Gasteiger partial charge in [0.2, 0.25) is 0 Å². The van der Waals surface area contributed by atoms with Gasteiger partial charge in [0.15, 0.2) is 5.96 Å². The molecule has 1 amide bonds. The van der Waals surface area contributed by atoms with Crippen LogP contribution in [0, 0.1) is 0 Å². The molecular weight excluding hydrogens is 394 g/mol. The summed E-state index contributed by atoms with van der Waals surface area (Å²) in [6.45, 7) is 12.2. The van der Waals surface area contributed by atoms with Gasteiger partial charge in [-0.3, -0.25) is 9.89 Å². The second kappa shape index (κ2) is 12.5. The van der Waals surface area contributed by atoms with Crippen LogP contribution < -0.4 is 16.0 Å². The largest absolute Gasteiger partial charge is 0.444 e. The predicted octanol–water partition coefficient (Wildman–Crippen LogP) is 1.88. The number of β-amino-alcohol motifs (C(OH)–C–C–N with tert-alkyl or cyclic N) is 1. The third-order valence-corrected chi connectivity index (χ3v) is 4.80. The number of rotatable bonds is 9. The van der Waals surface area contributed by atoms with Crippen LogP contribution in [0.5, 0.6) is 0 Å². The molecule has 0 saturated heterocycles. The van der Waals surface area contributed by atoms with Gasteiger partial charge in [-0.25, -0.2) is 4.79 Å². The van der Waals surface area contributed by atoms with E-state index in [1.807, 2.05) is 27.7 Å². The van der Waals surface area contributed by atoms with Gasteiger partial charge in [-0.1, -0.05) is 24.3 Å². The van der Waals surface area contributed by atoms with Crippen LogP contribution in [0.1, 0.15) is 45.2 Å². The van der Waals surface area contributed by atoms with E-state index >= 15 is 0 Å². The summed E-state index contributed by atoms with van der Waals surface area (Å²) >= 11 is 0. The van der Waals surface area contributed by atoms with Gasteiger partial charge in [0.1, 0.15) is 5.60 Å². The lowest BCUT2D eigenvalue weighted by atomic mass is 10.00. The Hall–Kier alpha value is -2.32. The lowest BCUT2D eigenvalue weighted by Crippen LogP contribution is -2.41. The molecule has 174 valence electrons. The zero-order valence-electron chi connectivity index (χ0n) is 19.4. The topological polar surface area (TPSA) is 98.2 Å². The van der Waals surface area contributed by atoms with Crippen molar-refractivity contribution < 1.29 is 14.6 Å². The molecule has 0 aromatic heterocycles. The first-order chi connectivity index (χ1) is 14.8. The van der Waals surface area contributed by atoms with Crippen LogP contribution in [-0.4, -0.2) is 73.0 Å². The zero-order chi connectivity index (χ0) is 22.7. The van der Waals surface area contributed by atoms with E-state index in [4.69, 9.17) is 4.74 Å². The minimum absolute atomic E-state index is 0.337. The zero-order valence-corrected chi connectivity index (χ0v) is 19.4. The summed E-state index contributed by atoms with van der Waals surface area (Å²) in [5, 5.41) is 19.6. The molecule has 1 aliphatic rings. The Kier molecular flexibility index (Phi) is 10.1. The van der Waals surface area contributed by atoms with Crippen LogP contribution >= 0.6 is 0 Å². The number of aliphatic imine (C=N–C) groups is 1. The fourth-order valence-corrected chi connectivity index (χ4v) is 3.40. The molecule has 1 aromatic rings. The molecule has 8 heteroatoms. The third-order valence-electron chi connectivity index (χ3n) is 4.80. The lowest BCUT2D eigenvalue weighted by Gasteiger charge is -2.30. The highest BCUT2D eigenvalue weighted by molar-refractivity contribution is 5.79. The maximum Gasteiger partial charge on any atom is 0.407 e. The number of aliphatic hydroxyl groups is 1. The van der Waals surface area contributed by atoms with Gasteiger partial charge in [0, 0.05) is 39.3 Å². The Morgan fingerprint density at radius 1 is 1.19 bits per heavy atom. The Morgan fingerprint density at radius 3 is 2.61 bits per heavy atom. The summed E-state index contributed by atoms with van der Waals surface area (Å²) in [7, 11) is 0. The molecule has 8 nitrogen and oxygen atoms in total. The molecule has 0 aliphatic carbocycles. The summed E-state index contributed by atoms with van der Waals surface area (Å²) in [5.74, 6) is 0.669. The van der Waals surface area contributed by atoms with Crippen molar-refractivity contribution in [2.45, 2.75) is 58.8 Å². The number of amides is 1. The number of aliphatic hydroxyl groups excluding tert-OH is 1. The van der Waals surface area contributed by atoms with Gasteiger partial charge in [0.05, 0.1) is 12.6 Å². The molecule has 1 aromatic carbocycles. The summed E-state index contributed by atoms with van der Waals surface area (Å²) in [5.41, 5.74) is 2.26. The summed E-state index contributed by atoms with van der Waals surface area (Å²) in [6, 6.07) is 8.50. The highest BCUT2D eigenvalue weighted by Gasteiger charge is 2.18. The highest BCUT2D eigenvalue weighted by atomic mass is 16.6. The second-order valence-electron chi connectivity index (χ2n) is 8.84. The number of alkyl carbamates (subject to hydrolysis) is 1. The number of hydrogen-bond donors (Lipinski definition) is 4. The average molecular weight is 434 g/mol. The fourth-order valence-electron chi connectivity index (χ4n) is 3.40. The molecule has 0 bridgehead atoms. The van der Waals surface area contributed by atoms with Gasteiger partial charge in [-0.2, -0.15) is 0 Å². The highest BCUT2D eigenvalue weighted by Crippen LogP contribution is 2.18. The van der Waals surface area contributed by atoms with Crippen molar-refractivity contribution in [1.29, 1.82) is 0 Å². The second-order valence-corrected chi connectivity index (χ2v) is 8.84. The minimum atomic E-state index is -0.519. The maximum atomic E-state index is 11.6. The molecular formula is C23H39N5O3. The van der Waals surface area contributed by atoms with Crippen molar-refractivity contribution in [2.24, 2.45) is 4.99 Å². The minimum Gasteiger partial charge on any atom is -0.444 e. The van der Waals surface area contributed by atoms with Crippen LogP contribution in [0.3, 0.4) is 0 Å². The van der Waals surface area contributed by atoms with Gasteiger partial charge in [0.25, 0.3) is 0 Å². The molecule has 1 atom stereocenters. The maximum absolute atomic E-state index is 11.6. The van der Waals surface area contributed by atoms with E-state index in [1.54, 1.807) is 0 Å². The average Bonchev–Trinajstić information content (AvgIpc) is 2.70. The fraction of sp³-hybridized carbons (Fsp3) is 0.652. The molecule has 4 N–H and O–H groups in total. The molecule has 2 rings (SSSR count). The van der Waals surface area contributed by atoms with Crippen LogP contribution in [0.25, 0.3) is 0 Å². The van der Waals surface area contributed by atoms with Crippen LogP contribution in [0.4, 0.5) is 4.79 Å². The number of fused-ring (bicyclic) bond motifs is 1. The third kappa shape index (κ3) is 10.0. The number of nitrogens with one attached hydrogen (secondary N) is 3. The van der Waals surface area contributed by atoms with E-state index < -0.39 is 17.8 Å². The van der Waals surface area contributed by atoms with Crippen molar-refractivity contribution in [2.75, 3.05) is 39.3 Å². The van der Waals surface area contributed by atoms with Gasteiger partial charge < -0.3 is 25.8 Å². The normalized spacial score (nSPS) is 15.7. The summed E-state index contributed by atoms with van der Waals surface area (Å²) in [4.78, 5) is 18.4. The monoisotopic (exact) mass is 433 g/mol. The van der Waals surface area contributed by atoms with Crippen LogP contribution in [0.15, 0.2) is 29.3 Å². The molecule has 1 unspecified atom stereocenters. The van der Waals surface area contributed by atoms with Crippen molar-refractivity contribution in [3.63, 3.8) is 0 Å². The first kappa shape index (κ1) is 24.9. The van der Waals surface area contributed by atoms with Crippen molar-refractivity contribution >= 4 is 12.1 Å². The number of carbonyl (C=O) groups excluding carboxylic acids is 1. The lowest BCUT2D eigenvalue weighted by molar-refractivity contribution is 0.0527.